The Labute approximate surface area is 162 Å². The molecule has 1 atom stereocenters. The highest BCUT2D eigenvalue weighted by molar-refractivity contribution is 8.03. The molecular weight excluding hydrogens is 384 g/mol. The number of aliphatic imine (C=N–C) groups is 1. The number of carbonyl (C=O) groups excluding carboxylic acids is 1. The molecule has 8 heteroatoms. The molecule has 3 rings (SSSR count). The second-order valence-corrected chi connectivity index (χ2v) is 8.35. The lowest BCUT2D eigenvalue weighted by molar-refractivity contribution is 0.256. The number of allylic oxidation sites excluding steroid dienone is 1. The van der Waals surface area contributed by atoms with Crippen LogP contribution < -0.4 is 4.90 Å². The topological polar surface area (TPSA) is 87.0 Å². The minimum Gasteiger partial charge on any atom is -0.282 e. The summed E-state index contributed by atoms with van der Waals surface area (Å²) in [6.07, 6.45) is 1.87. The zero-order chi connectivity index (χ0) is 19.6. The third kappa shape index (κ3) is 4.13. The molecule has 1 heterocycles. The van der Waals surface area contributed by atoms with Crippen molar-refractivity contribution >= 4 is 39.3 Å². The largest absolute Gasteiger partial charge is 0.349 e. The third-order valence-electron chi connectivity index (χ3n) is 3.99. The van der Waals surface area contributed by atoms with Crippen LogP contribution in [0.15, 0.2) is 69.9 Å². The van der Waals surface area contributed by atoms with Gasteiger partial charge in [-0.15, -0.1) is 11.8 Å². The molecule has 0 bridgehead atoms. The van der Waals surface area contributed by atoms with Gasteiger partial charge in [-0.25, -0.2) is 4.79 Å². The molecule has 0 aromatic heterocycles. The number of aryl methyl sites for hydroxylation is 1. The lowest BCUT2D eigenvalue weighted by Crippen LogP contribution is -2.35. The summed E-state index contributed by atoms with van der Waals surface area (Å²) in [7, 11) is -4.29. The molecule has 27 heavy (non-hydrogen) atoms. The van der Waals surface area contributed by atoms with E-state index < -0.39 is 16.1 Å². The van der Waals surface area contributed by atoms with E-state index in [4.69, 9.17) is 4.55 Å². The predicted octanol–water partition coefficient (Wildman–Crippen LogP) is 4.26. The molecule has 0 aliphatic carbocycles. The fourth-order valence-corrected chi connectivity index (χ4v) is 4.11. The molecule has 1 aliphatic heterocycles. The molecule has 0 spiro atoms. The summed E-state index contributed by atoms with van der Waals surface area (Å²) in [5.74, 6) is 0. The van der Waals surface area contributed by atoms with Gasteiger partial charge in [0.05, 0.1) is 10.6 Å². The second kappa shape index (κ2) is 7.67. The normalized spacial score (nSPS) is 17.6. The number of benzene rings is 2. The molecule has 0 fully saturated rings. The number of urea groups is 1. The Morgan fingerprint density at radius 1 is 1.11 bits per heavy atom. The van der Waals surface area contributed by atoms with Gasteiger partial charge < -0.3 is 0 Å². The van der Waals surface area contributed by atoms with Crippen LogP contribution in [0.3, 0.4) is 0 Å². The highest BCUT2D eigenvalue weighted by Crippen LogP contribution is 2.33. The van der Waals surface area contributed by atoms with Gasteiger partial charge in [-0.3, -0.25) is 9.45 Å². The van der Waals surface area contributed by atoms with Crippen LogP contribution in [0.5, 0.6) is 0 Å². The molecular formula is C19H18N2O4S2. The van der Waals surface area contributed by atoms with Crippen molar-refractivity contribution in [3.8, 4) is 0 Å². The van der Waals surface area contributed by atoms with E-state index >= 15 is 0 Å². The lowest BCUT2D eigenvalue weighted by Gasteiger charge is -2.24. The zero-order valence-electron chi connectivity index (χ0n) is 14.7. The van der Waals surface area contributed by atoms with Crippen molar-refractivity contribution in [3.05, 3.63) is 71.1 Å². The van der Waals surface area contributed by atoms with Gasteiger partial charge in [-0.05, 0) is 49.1 Å². The van der Waals surface area contributed by atoms with Crippen molar-refractivity contribution in [3.63, 3.8) is 0 Å². The standard InChI is InChI=1S/C19H18N2O4S2/c1-3-12-26-18-17(14-6-4-13(2)5-7-14)20-19(22)21(18)15-8-10-16(11-9-15)27(23,24)25/h3-12,18H,1-2H3,(H,23,24,25)/b12-3+. The smallest absolute Gasteiger partial charge is 0.282 e. The molecule has 0 radical (unpaired) electrons. The van der Waals surface area contributed by atoms with Crippen molar-refractivity contribution in [2.24, 2.45) is 4.99 Å². The van der Waals surface area contributed by atoms with E-state index in [0.717, 1.165) is 11.1 Å². The zero-order valence-corrected chi connectivity index (χ0v) is 16.4. The maximum absolute atomic E-state index is 12.6. The summed E-state index contributed by atoms with van der Waals surface area (Å²) in [5, 5.41) is 1.50. The van der Waals surface area contributed by atoms with Crippen LogP contribution in [0.25, 0.3) is 0 Å². The Hall–Kier alpha value is -2.42. The van der Waals surface area contributed by atoms with Gasteiger partial charge in [-0.1, -0.05) is 35.9 Å². The number of anilines is 1. The van der Waals surface area contributed by atoms with Crippen molar-refractivity contribution in [1.29, 1.82) is 0 Å². The Bertz CT molecular complexity index is 1010. The molecule has 1 N–H and O–H groups in total. The number of carbonyl (C=O) groups is 1. The summed E-state index contributed by atoms with van der Waals surface area (Å²) in [6, 6.07) is 12.8. The maximum Gasteiger partial charge on any atom is 0.349 e. The van der Waals surface area contributed by atoms with E-state index in [1.54, 1.807) is 0 Å². The number of nitrogens with zero attached hydrogens (tertiary/aromatic N) is 2. The highest BCUT2D eigenvalue weighted by Gasteiger charge is 2.36. The molecule has 2 amide bonds. The van der Waals surface area contributed by atoms with E-state index in [1.807, 2.05) is 49.6 Å². The number of hydrogen-bond acceptors (Lipinski definition) is 4. The van der Waals surface area contributed by atoms with Crippen molar-refractivity contribution < 1.29 is 17.8 Å². The third-order valence-corrected chi connectivity index (χ3v) is 5.98. The van der Waals surface area contributed by atoms with Gasteiger partial charge in [0, 0.05) is 5.69 Å². The van der Waals surface area contributed by atoms with Crippen molar-refractivity contribution in [2.45, 2.75) is 24.1 Å². The van der Waals surface area contributed by atoms with Crippen LogP contribution in [0.4, 0.5) is 10.5 Å². The Balaban J connectivity index is 1.99. The molecule has 2 aromatic rings. The molecule has 1 aliphatic rings. The predicted molar refractivity (Wildman–Crippen MR) is 108 cm³/mol. The summed E-state index contributed by atoms with van der Waals surface area (Å²) in [4.78, 5) is 18.1. The van der Waals surface area contributed by atoms with Gasteiger partial charge >= 0.3 is 6.03 Å². The monoisotopic (exact) mass is 402 g/mol. The van der Waals surface area contributed by atoms with Gasteiger partial charge in [0.2, 0.25) is 0 Å². The summed E-state index contributed by atoms with van der Waals surface area (Å²) in [6.45, 7) is 3.87. The molecule has 6 nitrogen and oxygen atoms in total. The SMILES string of the molecule is C/C=C/SC1C(c2ccc(C)cc2)=NC(=O)N1c1ccc(S(=O)(=O)O)cc1. The molecule has 140 valence electrons. The summed E-state index contributed by atoms with van der Waals surface area (Å²) < 4.78 is 31.6. The first kappa shape index (κ1) is 19.3. The Kier molecular flexibility index (Phi) is 5.50. The van der Waals surface area contributed by atoms with Crippen LogP contribution in [0.2, 0.25) is 0 Å². The van der Waals surface area contributed by atoms with Gasteiger partial charge in [-0.2, -0.15) is 13.4 Å². The van der Waals surface area contributed by atoms with Crippen LogP contribution >= 0.6 is 11.8 Å². The molecule has 0 saturated carbocycles. The lowest BCUT2D eigenvalue weighted by atomic mass is 10.1. The van der Waals surface area contributed by atoms with E-state index in [2.05, 4.69) is 4.99 Å². The van der Waals surface area contributed by atoms with Gasteiger partial charge in [0.25, 0.3) is 10.1 Å². The fourth-order valence-electron chi connectivity index (χ4n) is 2.67. The summed E-state index contributed by atoms with van der Waals surface area (Å²) in [5.41, 5.74) is 3.11. The van der Waals surface area contributed by atoms with E-state index in [9.17, 15) is 13.2 Å². The minimum absolute atomic E-state index is 0.227. The van der Waals surface area contributed by atoms with Crippen LogP contribution in [-0.2, 0) is 10.1 Å². The van der Waals surface area contributed by atoms with E-state index in [-0.39, 0.29) is 10.3 Å². The number of amides is 2. The first-order valence-corrected chi connectivity index (χ1v) is 10.5. The second-order valence-electron chi connectivity index (χ2n) is 5.94. The molecule has 1 unspecified atom stereocenters. The Morgan fingerprint density at radius 2 is 1.74 bits per heavy atom. The first-order chi connectivity index (χ1) is 12.8. The average molecular weight is 402 g/mol. The van der Waals surface area contributed by atoms with Gasteiger partial charge in [0.15, 0.2) is 0 Å². The van der Waals surface area contributed by atoms with E-state index in [1.165, 1.54) is 40.9 Å². The quantitative estimate of drug-likeness (QED) is 0.755. The van der Waals surface area contributed by atoms with Crippen LogP contribution in [0.1, 0.15) is 18.1 Å². The maximum atomic E-state index is 12.6. The summed E-state index contributed by atoms with van der Waals surface area (Å²) >= 11 is 1.43. The Morgan fingerprint density at radius 3 is 2.30 bits per heavy atom. The fraction of sp³-hybridized carbons (Fsp3) is 0.158. The number of thioether (sulfide) groups is 1. The number of hydrogen-bond donors (Lipinski definition) is 1. The van der Waals surface area contributed by atoms with Crippen molar-refractivity contribution in [2.75, 3.05) is 4.90 Å². The van der Waals surface area contributed by atoms with E-state index in [0.29, 0.717) is 11.4 Å². The molecule has 2 aromatic carbocycles. The van der Waals surface area contributed by atoms with Crippen LogP contribution in [0, 0.1) is 6.92 Å². The average Bonchev–Trinajstić information content (AvgIpc) is 2.96. The van der Waals surface area contributed by atoms with Crippen molar-refractivity contribution in [1.82, 2.24) is 0 Å². The molecule has 0 saturated heterocycles. The van der Waals surface area contributed by atoms with Gasteiger partial charge in [0.1, 0.15) is 5.37 Å². The number of rotatable bonds is 5. The van der Waals surface area contributed by atoms with Crippen LogP contribution in [-0.4, -0.2) is 30.1 Å². The minimum atomic E-state index is -4.29. The first-order valence-electron chi connectivity index (χ1n) is 8.14. The highest BCUT2D eigenvalue weighted by atomic mass is 32.2.